The van der Waals surface area contributed by atoms with E-state index in [4.69, 9.17) is 4.74 Å². The Kier molecular flexibility index (Phi) is 4.63. The van der Waals surface area contributed by atoms with Crippen molar-refractivity contribution < 1.29 is 4.74 Å². The summed E-state index contributed by atoms with van der Waals surface area (Å²) in [6.45, 7) is 4.59. The Morgan fingerprint density at radius 2 is 1.79 bits per heavy atom. The Morgan fingerprint density at radius 3 is 2.50 bits per heavy atom. The maximum absolute atomic E-state index is 9.64. The lowest BCUT2D eigenvalue weighted by Crippen LogP contribution is -1.95. The van der Waals surface area contributed by atoms with Gasteiger partial charge in [0.25, 0.3) is 0 Å². The largest absolute Gasteiger partial charge is 0.493 e. The number of nitriles is 1. The first-order valence-corrected chi connectivity index (χ1v) is 8.06. The second-order valence-corrected chi connectivity index (χ2v) is 5.67. The number of rotatable bonds is 4. The monoisotopic (exact) mass is 313 g/mol. The van der Waals surface area contributed by atoms with Gasteiger partial charge in [-0.1, -0.05) is 60.2 Å². The van der Waals surface area contributed by atoms with Crippen LogP contribution >= 0.6 is 0 Å². The van der Waals surface area contributed by atoms with Crippen LogP contribution < -0.4 is 4.74 Å². The molecular formula is C22H19NO. The fourth-order valence-electron chi connectivity index (χ4n) is 2.76. The summed E-state index contributed by atoms with van der Waals surface area (Å²) >= 11 is 0. The zero-order valence-electron chi connectivity index (χ0n) is 13.9. The molecule has 0 saturated heterocycles. The zero-order chi connectivity index (χ0) is 16.9. The maximum Gasteiger partial charge on any atom is 0.127 e. The van der Waals surface area contributed by atoms with E-state index in [0.717, 1.165) is 27.6 Å². The third-order valence-corrected chi connectivity index (χ3v) is 4.00. The summed E-state index contributed by atoms with van der Waals surface area (Å²) in [7, 11) is 0. The quantitative estimate of drug-likeness (QED) is 0.463. The van der Waals surface area contributed by atoms with Crippen molar-refractivity contribution in [2.24, 2.45) is 0 Å². The number of aryl methyl sites for hydroxylation is 1. The Balaban J connectivity index is 2.21. The van der Waals surface area contributed by atoms with Gasteiger partial charge in [-0.2, -0.15) is 5.26 Å². The van der Waals surface area contributed by atoms with Gasteiger partial charge < -0.3 is 4.74 Å². The topological polar surface area (TPSA) is 33.0 Å². The molecule has 2 nitrogen and oxygen atoms in total. The zero-order valence-corrected chi connectivity index (χ0v) is 13.9. The van der Waals surface area contributed by atoms with Crippen LogP contribution in [-0.4, -0.2) is 6.61 Å². The normalized spacial score (nSPS) is 11.3. The SMILES string of the molecule is CCOc1ccc2ccccc2c1/C=C(\C#N)c1ccc(C)cc1. The first-order valence-electron chi connectivity index (χ1n) is 8.06. The Labute approximate surface area is 142 Å². The van der Waals surface area contributed by atoms with E-state index in [2.05, 4.69) is 24.3 Å². The maximum atomic E-state index is 9.64. The fraction of sp³-hybridized carbons (Fsp3) is 0.136. The van der Waals surface area contributed by atoms with Crippen molar-refractivity contribution in [3.8, 4) is 11.8 Å². The molecule has 3 aromatic rings. The number of hydrogen-bond donors (Lipinski definition) is 0. The molecule has 0 aromatic heterocycles. The minimum atomic E-state index is 0.589. The number of hydrogen-bond acceptors (Lipinski definition) is 2. The first-order chi connectivity index (χ1) is 11.7. The second kappa shape index (κ2) is 7.02. The van der Waals surface area contributed by atoms with Crippen molar-refractivity contribution >= 4 is 22.4 Å². The molecule has 0 saturated carbocycles. The van der Waals surface area contributed by atoms with Crippen molar-refractivity contribution in [1.82, 2.24) is 0 Å². The first kappa shape index (κ1) is 15.8. The lowest BCUT2D eigenvalue weighted by Gasteiger charge is -2.11. The van der Waals surface area contributed by atoms with Crippen LogP contribution in [0, 0.1) is 18.3 Å². The van der Waals surface area contributed by atoms with Crippen LogP contribution in [0.5, 0.6) is 5.75 Å². The van der Waals surface area contributed by atoms with Crippen LogP contribution in [-0.2, 0) is 0 Å². The van der Waals surface area contributed by atoms with Gasteiger partial charge in [0.15, 0.2) is 0 Å². The summed E-state index contributed by atoms with van der Waals surface area (Å²) in [5.41, 5.74) is 3.68. The van der Waals surface area contributed by atoms with E-state index in [1.165, 1.54) is 5.56 Å². The second-order valence-electron chi connectivity index (χ2n) is 5.67. The summed E-state index contributed by atoms with van der Waals surface area (Å²) in [4.78, 5) is 0. The van der Waals surface area contributed by atoms with Gasteiger partial charge in [0.1, 0.15) is 5.75 Å². The molecule has 2 heteroatoms. The van der Waals surface area contributed by atoms with Gasteiger partial charge in [0.2, 0.25) is 0 Å². The Bertz CT molecular complexity index is 930. The molecular weight excluding hydrogens is 294 g/mol. The van der Waals surface area contributed by atoms with Crippen LogP contribution in [0.2, 0.25) is 0 Å². The third-order valence-electron chi connectivity index (χ3n) is 4.00. The van der Waals surface area contributed by atoms with Crippen LogP contribution in [0.15, 0.2) is 60.7 Å². The highest BCUT2D eigenvalue weighted by Crippen LogP contribution is 2.32. The van der Waals surface area contributed by atoms with Crippen LogP contribution in [0.3, 0.4) is 0 Å². The van der Waals surface area contributed by atoms with Gasteiger partial charge in [0, 0.05) is 5.56 Å². The van der Waals surface area contributed by atoms with E-state index in [1.54, 1.807) is 0 Å². The summed E-state index contributed by atoms with van der Waals surface area (Å²) in [6, 6.07) is 22.5. The van der Waals surface area contributed by atoms with Gasteiger partial charge >= 0.3 is 0 Å². The molecule has 0 N–H and O–H groups in total. The van der Waals surface area contributed by atoms with E-state index in [0.29, 0.717) is 12.2 Å². The van der Waals surface area contributed by atoms with Crippen molar-refractivity contribution in [2.75, 3.05) is 6.61 Å². The number of nitrogens with zero attached hydrogens (tertiary/aromatic N) is 1. The van der Waals surface area contributed by atoms with E-state index in [1.807, 2.05) is 62.4 Å². The van der Waals surface area contributed by atoms with Gasteiger partial charge in [-0.15, -0.1) is 0 Å². The molecule has 0 aliphatic carbocycles. The number of allylic oxidation sites excluding steroid dienone is 1. The lowest BCUT2D eigenvalue weighted by atomic mass is 9.98. The Morgan fingerprint density at radius 1 is 1.04 bits per heavy atom. The van der Waals surface area contributed by atoms with E-state index >= 15 is 0 Å². The summed E-state index contributed by atoms with van der Waals surface area (Å²) in [6.07, 6.45) is 1.93. The van der Waals surface area contributed by atoms with Crippen molar-refractivity contribution in [3.05, 3.63) is 77.4 Å². The molecule has 0 atom stereocenters. The standard InChI is InChI=1S/C22H19NO/c1-3-24-22-13-12-18-6-4-5-7-20(18)21(22)14-19(15-23)17-10-8-16(2)9-11-17/h4-14H,3H2,1-2H3/b19-14+. The minimum absolute atomic E-state index is 0.589. The lowest BCUT2D eigenvalue weighted by molar-refractivity contribution is 0.340. The number of benzene rings is 3. The van der Waals surface area contributed by atoms with Gasteiger partial charge in [-0.05, 0) is 42.3 Å². The minimum Gasteiger partial charge on any atom is -0.493 e. The highest BCUT2D eigenvalue weighted by atomic mass is 16.5. The van der Waals surface area contributed by atoms with Crippen molar-refractivity contribution in [2.45, 2.75) is 13.8 Å². The van der Waals surface area contributed by atoms with Crippen LogP contribution in [0.1, 0.15) is 23.6 Å². The van der Waals surface area contributed by atoms with Crippen molar-refractivity contribution in [1.29, 1.82) is 5.26 Å². The molecule has 0 heterocycles. The van der Waals surface area contributed by atoms with Crippen LogP contribution in [0.4, 0.5) is 0 Å². The van der Waals surface area contributed by atoms with Gasteiger partial charge in [-0.25, -0.2) is 0 Å². The molecule has 0 radical (unpaired) electrons. The smallest absolute Gasteiger partial charge is 0.127 e. The molecule has 24 heavy (non-hydrogen) atoms. The third kappa shape index (κ3) is 3.16. The van der Waals surface area contributed by atoms with Crippen molar-refractivity contribution in [3.63, 3.8) is 0 Å². The average molecular weight is 313 g/mol. The highest BCUT2D eigenvalue weighted by Gasteiger charge is 2.09. The fourth-order valence-corrected chi connectivity index (χ4v) is 2.76. The molecule has 0 unspecified atom stereocenters. The van der Waals surface area contributed by atoms with Gasteiger partial charge in [0.05, 0.1) is 18.2 Å². The molecule has 3 aromatic carbocycles. The highest BCUT2D eigenvalue weighted by molar-refractivity contribution is 6.00. The van der Waals surface area contributed by atoms with Crippen LogP contribution in [0.25, 0.3) is 22.4 Å². The molecule has 0 aliphatic heterocycles. The summed E-state index contributed by atoms with van der Waals surface area (Å²) in [5.74, 6) is 0.802. The Hall–Kier alpha value is -3.05. The van der Waals surface area contributed by atoms with E-state index in [9.17, 15) is 5.26 Å². The molecule has 0 spiro atoms. The number of fused-ring (bicyclic) bond motifs is 1. The van der Waals surface area contributed by atoms with E-state index < -0.39 is 0 Å². The summed E-state index contributed by atoms with van der Waals surface area (Å²) < 4.78 is 5.79. The van der Waals surface area contributed by atoms with E-state index in [-0.39, 0.29) is 0 Å². The molecule has 3 rings (SSSR count). The predicted octanol–water partition coefficient (Wildman–Crippen LogP) is 5.61. The predicted molar refractivity (Wildman–Crippen MR) is 99.8 cm³/mol. The molecule has 0 aliphatic rings. The number of ether oxygens (including phenoxy) is 1. The summed E-state index contributed by atoms with van der Waals surface area (Å²) in [5, 5.41) is 11.9. The molecule has 0 amide bonds. The molecule has 0 fully saturated rings. The molecule has 0 bridgehead atoms. The molecule has 118 valence electrons. The van der Waals surface area contributed by atoms with Gasteiger partial charge in [-0.3, -0.25) is 0 Å². The average Bonchev–Trinajstić information content (AvgIpc) is 2.62.